The molecule has 64 valence electrons. The fraction of sp³-hybridized carbons (Fsp3) is 0.889. The first-order chi connectivity index (χ1) is 4.97. The van der Waals surface area contributed by atoms with E-state index >= 15 is 0 Å². The van der Waals surface area contributed by atoms with Crippen LogP contribution in [0.3, 0.4) is 0 Å². The minimum Gasteiger partial charge on any atom is -0.353 e. The Balaban J connectivity index is 2.34. The third-order valence-corrected chi connectivity index (χ3v) is 1.94. The van der Waals surface area contributed by atoms with Gasteiger partial charge in [-0.1, -0.05) is 20.8 Å². The van der Waals surface area contributed by atoms with Crippen molar-refractivity contribution >= 4 is 5.91 Å². The van der Waals surface area contributed by atoms with E-state index in [-0.39, 0.29) is 5.91 Å². The Kier molecular flexibility index (Phi) is 2.21. The summed E-state index contributed by atoms with van der Waals surface area (Å²) in [4.78, 5) is 10.8. The molecule has 0 saturated carbocycles. The second-order valence-corrected chi connectivity index (χ2v) is 4.57. The Morgan fingerprint density at radius 3 is 2.55 bits per heavy atom. The number of hydrogen-bond donors (Lipinski definition) is 1. The third-order valence-electron chi connectivity index (χ3n) is 1.94. The molecule has 1 heterocycles. The Hall–Kier alpha value is -0.530. The number of hydrogen-bond acceptors (Lipinski definition) is 1. The van der Waals surface area contributed by atoms with Gasteiger partial charge in [0.2, 0.25) is 5.91 Å². The van der Waals surface area contributed by atoms with Crippen LogP contribution in [0.2, 0.25) is 0 Å². The molecule has 1 rings (SSSR count). The van der Waals surface area contributed by atoms with Crippen LogP contribution in [0.5, 0.6) is 0 Å². The molecule has 2 heteroatoms. The van der Waals surface area contributed by atoms with Crippen LogP contribution in [0.1, 0.15) is 40.0 Å². The standard InChI is InChI=1S/C9H17NO/c1-9(2,3)6-7-4-5-8(11)10-7/h7H,4-6H2,1-3H3,(H,10,11)/t7-/m0/s1. The molecule has 1 amide bonds. The van der Waals surface area contributed by atoms with Gasteiger partial charge in [-0.3, -0.25) is 4.79 Å². The Morgan fingerprint density at radius 1 is 1.55 bits per heavy atom. The van der Waals surface area contributed by atoms with Crippen LogP contribution in [-0.4, -0.2) is 11.9 Å². The fourth-order valence-corrected chi connectivity index (χ4v) is 1.57. The molecule has 0 spiro atoms. The fourth-order valence-electron chi connectivity index (χ4n) is 1.57. The summed E-state index contributed by atoms with van der Waals surface area (Å²) in [6.45, 7) is 6.62. The van der Waals surface area contributed by atoms with Crippen molar-refractivity contribution in [2.45, 2.75) is 46.1 Å². The molecule has 0 aromatic heterocycles. The van der Waals surface area contributed by atoms with Gasteiger partial charge >= 0.3 is 0 Å². The zero-order chi connectivity index (χ0) is 8.48. The van der Waals surface area contributed by atoms with Gasteiger partial charge in [0.15, 0.2) is 0 Å². The van der Waals surface area contributed by atoms with E-state index < -0.39 is 0 Å². The molecule has 1 aliphatic rings. The van der Waals surface area contributed by atoms with Gasteiger partial charge in [-0.25, -0.2) is 0 Å². The molecule has 1 saturated heterocycles. The summed E-state index contributed by atoms with van der Waals surface area (Å²) in [5.41, 5.74) is 0.336. The van der Waals surface area contributed by atoms with Crippen molar-refractivity contribution in [3.63, 3.8) is 0 Å². The maximum Gasteiger partial charge on any atom is 0.220 e. The predicted molar refractivity (Wildman–Crippen MR) is 45.2 cm³/mol. The van der Waals surface area contributed by atoms with Gasteiger partial charge in [-0.2, -0.15) is 0 Å². The number of nitrogens with one attached hydrogen (secondary N) is 1. The topological polar surface area (TPSA) is 29.1 Å². The molecule has 2 nitrogen and oxygen atoms in total. The first-order valence-corrected chi connectivity index (χ1v) is 4.27. The first-order valence-electron chi connectivity index (χ1n) is 4.27. The zero-order valence-electron chi connectivity index (χ0n) is 7.61. The highest BCUT2D eigenvalue weighted by Gasteiger charge is 2.25. The summed E-state index contributed by atoms with van der Waals surface area (Å²) in [5, 5.41) is 2.97. The average molecular weight is 155 g/mol. The highest BCUT2D eigenvalue weighted by Crippen LogP contribution is 2.24. The number of rotatable bonds is 1. The Bertz CT molecular complexity index is 157. The first kappa shape index (κ1) is 8.57. The summed E-state index contributed by atoms with van der Waals surface area (Å²) in [7, 11) is 0. The lowest BCUT2D eigenvalue weighted by Crippen LogP contribution is -2.29. The smallest absolute Gasteiger partial charge is 0.220 e. The van der Waals surface area contributed by atoms with Gasteiger partial charge in [0.1, 0.15) is 0 Å². The summed E-state index contributed by atoms with van der Waals surface area (Å²) in [6.07, 6.45) is 2.84. The molecule has 0 bridgehead atoms. The second kappa shape index (κ2) is 2.84. The van der Waals surface area contributed by atoms with Crippen molar-refractivity contribution < 1.29 is 4.79 Å². The van der Waals surface area contributed by atoms with E-state index in [2.05, 4.69) is 26.1 Å². The summed E-state index contributed by atoms with van der Waals surface area (Å²) >= 11 is 0. The summed E-state index contributed by atoms with van der Waals surface area (Å²) in [6, 6.07) is 0.433. The van der Waals surface area contributed by atoms with E-state index in [1.807, 2.05) is 0 Å². The van der Waals surface area contributed by atoms with E-state index in [0.717, 1.165) is 19.3 Å². The third kappa shape index (κ3) is 2.91. The minimum atomic E-state index is 0.222. The summed E-state index contributed by atoms with van der Waals surface area (Å²) < 4.78 is 0. The van der Waals surface area contributed by atoms with E-state index in [4.69, 9.17) is 0 Å². The molecule has 1 N–H and O–H groups in total. The molecule has 0 aromatic carbocycles. The van der Waals surface area contributed by atoms with Gasteiger partial charge in [-0.05, 0) is 18.3 Å². The van der Waals surface area contributed by atoms with Crippen LogP contribution in [0.4, 0.5) is 0 Å². The lowest BCUT2D eigenvalue weighted by atomic mass is 9.88. The Morgan fingerprint density at radius 2 is 2.18 bits per heavy atom. The van der Waals surface area contributed by atoms with Gasteiger partial charge in [-0.15, -0.1) is 0 Å². The SMILES string of the molecule is CC(C)(C)C[C@@H]1CCC(=O)N1. The van der Waals surface area contributed by atoms with Crippen LogP contribution in [0.25, 0.3) is 0 Å². The maximum absolute atomic E-state index is 10.8. The lowest BCUT2D eigenvalue weighted by molar-refractivity contribution is -0.119. The van der Waals surface area contributed by atoms with E-state index in [0.29, 0.717) is 11.5 Å². The van der Waals surface area contributed by atoms with Gasteiger partial charge < -0.3 is 5.32 Å². The average Bonchev–Trinajstić information content (AvgIpc) is 2.10. The van der Waals surface area contributed by atoms with E-state index in [1.54, 1.807) is 0 Å². The molecule has 0 aliphatic carbocycles. The van der Waals surface area contributed by atoms with Crippen molar-refractivity contribution in [2.75, 3.05) is 0 Å². The van der Waals surface area contributed by atoms with Crippen LogP contribution in [0, 0.1) is 5.41 Å². The van der Waals surface area contributed by atoms with Crippen LogP contribution < -0.4 is 5.32 Å². The molecule has 1 aliphatic heterocycles. The molecule has 0 radical (unpaired) electrons. The van der Waals surface area contributed by atoms with Crippen molar-refractivity contribution in [3.8, 4) is 0 Å². The number of amides is 1. The molecule has 11 heavy (non-hydrogen) atoms. The maximum atomic E-state index is 10.8. The second-order valence-electron chi connectivity index (χ2n) is 4.57. The normalized spacial score (nSPS) is 25.4. The van der Waals surface area contributed by atoms with Gasteiger partial charge in [0.05, 0.1) is 0 Å². The molecule has 0 aromatic rings. The summed E-state index contributed by atoms with van der Waals surface area (Å²) in [5.74, 6) is 0.222. The molecular formula is C9H17NO. The number of carbonyl (C=O) groups is 1. The highest BCUT2D eigenvalue weighted by molar-refractivity contribution is 5.78. The van der Waals surface area contributed by atoms with E-state index in [9.17, 15) is 4.79 Å². The number of carbonyl (C=O) groups excluding carboxylic acids is 1. The van der Waals surface area contributed by atoms with Crippen LogP contribution in [-0.2, 0) is 4.79 Å². The molecule has 1 fully saturated rings. The van der Waals surface area contributed by atoms with Crippen molar-refractivity contribution in [1.29, 1.82) is 0 Å². The van der Waals surface area contributed by atoms with Crippen molar-refractivity contribution in [1.82, 2.24) is 5.32 Å². The van der Waals surface area contributed by atoms with Crippen LogP contribution in [0.15, 0.2) is 0 Å². The van der Waals surface area contributed by atoms with Gasteiger partial charge in [0.25, 0.3) is 0 Å². The van der Waals surface area contributed by atoms with E-state index in [1.165, 1.54) is 0 Å². The van der Waals surface area contributed by atoms with Crippen molar-refractivity contribution in [2.24, 2.45) is 5.41 Å². The molecule has 0 unspecified atom stereocenters. The Labute approximate surface area is 68.4 Å². The predicted octanol–water partition coefficient (Wildman–Crippen LogP) is 1.70. The largest absolute Gasteiger partial charge is 0.353 e. The zero-order valence-corrected chi connectivity index (χ0v) is 7.61. The lowest BCUT2D eigenvalue weighted by Gasteiger charge is -2.22. The van der Waals surface area contributed by atoms with Crippen molar-refractivity contribution in [3.05, 3.63) is 0 Å². The molecular weight excluding hydrogens is 138 g/mol. The van der Waals surface area contributed by atoms with Crippen LogP contribution >= 0.6 is 0 Å². The quantitative estimate of drug-likeness (QED) is 0.613. The minimum absolute atomic E-state index is 0.222. The highest BCUT2D eigenvalue weighted by atomic mass is 16.1. The monoisotopic (exact) mass is 155 g/mol. The molecule has 1 atom stereocenters. The van der Waals surface area contributed by atoms with Gasteiger partial charge in [0, 0.05) is 12.5 Å².